The highest BCUT2D eigenvalue weighted by Gasteiger charge is 2.42. The predicted octanol–water partition coefficient (Wildman–Crippen LogP) is 3.16. The van der Waals surface area contributed by atoms with E-state index in [1.54, 1.807) is 0 Å². The first-order valence-electron chi connectivity index (χ1n) is 10.0. The second kappa shape index (κ2) is 7.15. The summed E-state index contributed by atoms with van der Waals surface area (Å²) in [6, 6.07) is 12.9. The molecule has 4 rings (SSSR count). The molecule has 3 saturated carbocycles. The summed E-state index contributed by atoms with van der Waals surface area (Å²) in [5, 5.41) is 7.76. The van der Waals surface area contributed by atoms with Crippen molar-refractivity contribution in [3.8, 4) is 0 Å². The van der Waals surface area contributed by atoms with E-state index < -0.39 is 0 Å². The van der Waals surface area contributed by atoms with E-state index in [0.717, 1.165) is 5.92 Å². The van der Waals surface area contributed by atoms with Gasteiger partial charge in [0.15, 0.2) is 0 Å². The lowest BCUT2D eigenvalue weighted by Crippen LogP contribution is -2.50. The predicted molar refractivity (Wildman–Crippen MR) is 100 cm³/mol. The molecule has 2 atom stereocenters. The van der Waals surface area contributed by atoms with E-state index in [9.17, 15) is 0 Å². The summed E-state index contributed by atoms with van der Waals surface area (Å²) in [7, 11) is 0. The molecule has 0 radical (unpaired) electrons. The molecule has 0 amide bonds. The molecule has 3 nitrogen and oxygen atoms in total. The molecule has 24 heavy (non-hydrogen) atoms. The van der Waals surface area contributed by atoms with Gasteiger partial charge in [-0.15, -0.1) is 0 Å². The van der Waals surface area contributed by atoms with Gasteiger partial charge in [0.25, 0.3) is 0 Å². The van der Waals surface area contributed by atoms with Crippen molar-refractivity contribution in [2.24, 2.45) is 11.1 Å². The van der Waals surface area contributed by atoms with Gasteiger partial charge in [-0.2, -0.15) is 0 Å². The number of hydrogen-bond donors (Lipinski definition) is 3. The lowest BCUT2D eigenvalue weighted by molar-refractivity contribution is 0.117. The number of nitrogens with two attached hydrogens (primary N) is 1. The minimum Gasteiger partial charge on any atom is -0.328 e. The van der Waals surface area contributed by atoms with Crippen LogP contribution in [0.5, 0.6) is 0 Å². The van der Waals surface area contributed by atoms with Crippen LogP contribution in [0, 0.1) is 5.41 Å². The van der Waals surface area contributed by atoms with Crippen LogP contribution in [0.4, 0.5) is 0 Å². The van der Waals surface area contributed by atoms with E-state index in [1.807, 2.05) is 0 Å². The van der Waals surface area contributed by atoms with E-state index in [1.165, 1.54) is 70.0 Å². The zero-order chi connectivity index (χ0) is 16.4. The molecule has 3 aliphatic carbocycles. The molecule has 1 unspecified atom stereocenters. The Hall–Kier alpha value is -0.900. The van der Waals surface area contributed by atoms with Gasteiger partial charge in [0.1, 0.15) is 0 Å². The molecule has 1 aromatic rings. The molecule has 3 aliphatic rings. The maximum absolute atomic E-state index is 6.03. The van der Waals surface area contributed by atoms with Crippen molar-refractivity contribution in [3.05, 3.63) is 35.9 Å². The Labute approximate surface area is 146 Å². The molecular formula is C21H33N3. The number of nitrogens with one attached hydrogen (secondary N) is 2. The second-order valence-corrected chi connectivity index (χ2v) is 8.59. The van der Waals surface area contributed by atoms with Crippen molar-refractivity contribution in [3.63, 3.8) is 0 Å². The van der Waals surface area contributed by atoms with Crippen LogP contribution in [0.1, 0.15) is 62.8 Å². The van der Waals surface area contributed by atoms with Gasteiger partial charge in [0.2, 0.25) is 0 Å². The monoisotopic (exact) mass is 327 g/mol. The number of rotatable bonds is 7. The van der Waals surface area contributed by atoms with Gasteiger partial charge in [-0.05, 0) is 55.9 Å². The first kappa shape index (κ1) is 16.6. The minimum atomic E-state index is 0.451. The zero-order valence-corrected chi connectivity index (χ0v) is 14.8. The summed E-state index contributed by atoms with van der Waals surface area (Å²) in [5.41, 5.74) is 8.05. The molecule has 0 spiro atoms. The van der Waals surface area contributed by atoms with Gasteiger partial charge in [-0.25, -0.2) is 0 Å². The molecule has 0 heterocycles. The summed E-state index contributed by atoms with van der Waals surface area (Å²) in [6.07, 6.45) is 10.4. The molecular weight excluding hydrogens is 294 g/mol. The van der Waals surface area contributed by atoms with E-state index in [0.29, 0.717) is 23.5 Å². The summed E-state index contributed by atoms with van der Waals surface area (Å²) < 4.78 is 0. The lowest BCUT2D eigenvalue weighted by atomic mass is 9.68. The van der Waals surface area contributed by atoms with Crippen LogP contribution >= 0.6 is 0 Å². The summed E-state index contributed by atoms with van der Waals surface area (Å²) in [5.74, 6) is 0.746. The van der Waals surface area contributed by atoms with Crippen molar-refractivity contribution >= 4 is 0 Å². The molecule has 0 aromatic heterocycles. The average molecular weight is 328 g/mol. The Bertz CT molecular complexity index is 517. The van der Waals surface area contributed by atoms with Crippen LogP contribution in [0.2, 0.25) is 0 Å². The van der Waals surface area contributed by atoms with Crippen LogP contribution in [0.15, 0.2) is 30.3 Å². The normalized spacial score (nSPS) is 34.5. The zero-order valence-electron chi connectivity index (χ0n) is 14.8. The molecule has 0 bridgehead atoms. The summed E-state index contributed by atoms with van der Waals surface area (Å²) in [6.45, 7) is 2.39. The van der Waals surface area contributed by atoms with Gasteiger partial charge in [-0.1, -0.05) is 36.8 Å². The van der Waals surface area contributed by atoms with Gasteiger partial charge in [-0.3, -0.25) is 0 Å². The van der Waals surface area contributed by atoms with Gasteiger partial charge in [0.05, 0.1) is 0 Å². The first-order chi connectivity index (χ1) is 11.7. The Morgan fingerprint density at radius 2 is 1.67 bits per heavy atom. The molecule has 3 heteroatoms. The lowest BCUT2D eigenvalue weighted by Gasteiger charge is -2.44. The molecule has 0 aliphatic heterocycles. The highest BCUT2D eigenvalue weighted by atomic mass is 15.0. The van der Waals surface area contributed by atoms with E-state index >= 15 is 0 Å². The molecule has 132 valence electrons. The third-order valence-corrected chi connectivity index (χ3v) is 6.71. The average Bonchev–Trinajstić information content (AvgIpc) is 3.36. The Morgan fingerprint density at radius 3 is 2.33 bits per heavy atom. The van der Waals surface area contributed by atoms with Crippen LogP contribution in [-0.2, 0) is 0 Å². The van der Waals surface area contributed by atoms with Crippen LogP contribution in [0.3, 0.4) is 0 Å². The summed E-state index contributed by atoms with van der Waals surface area (Å²) in [4.78, 5) is 0. The highest BCUT2D eigenvalue weighted by Crippen LogP contribution is 2.44. The smallest absolute Gasteiger partial charge is 0.0143 e. The van der Waals surface area contributed by atoms with Crippen molar-refractivity contribution in [2.75, 3.05) is 13.1 Å². The van der Waals surface area contributed by atoms with Gasteiger partial charge >= 0.3 is 0 Å². The van der Waals surface area contributed by atoms with Crippen LogP contribution in [-0.4, -0.2) is 31.2 Å². The van der Waals surface area contributed by atoms with E-state index in [-0.39, 0.29) is 0 Å². The van der Waals surface area contributed by atoms with Gasteiger partial charge < -0.3 is 16.4 Å². The number of hydrogen-bond acceptors (Lipinski definition) is 3. The fourth-order valence-electron chi connectivity index (χ4n) is 4.61. The standard InChI is InChI=1S/C21H33N3/c22-17-7-9-18(10-8-17)23-14-21(11-4-12-21)15-24-20-13-19(20)16-5-2-1-3-6-16/h1-3,5-6,17-20,23-24H,4,7-15,22H2/t17?,18?,19-,20?/m1/s1. The minimum absolute atomic E-state index is 0.451. The second-order valence-electron chi connectivity index (χ2n) is 8.59. The van der Waals surface area contributed by atoms with E-state index in [2.05, 4.69) is 41.0 Å². The van der Waals surface area contributed by atoms with Crippen molar-refractivity contribution in [2.45, 2.75) is 75.4 Å². The summed E-state index contributed by atoms with van der Waals surface area (Å²) >= 11 is 0. The largest absolute Gasteiger partial charge is 0.328 e. The highest BCUT2D eigenvalue weighted by molar-refractivity contribution is 5.27. The third-order valence-electron chi connectivity index (χ3n) is 6.71. The molecule has 4 N–H and O–H groups in total. The van der Waals surface area contributed by atoms with Crippen LogP contribution < -0.4 is 16.4 Å². The number of benzene rings is 1. The molecule has 0 saturated heterocycles. The SMILES string of the molecule is NC1CCC(NCC2(CNC3C[C@@H]3c3ccccc3)CCC2)CC1. The van der Waals surface area contributed by atoms with Crippen molar-refractivity contribution in [1.82, 2.24) is 10.6 Å². The van der Waals surface area contributed by atoms with Crippen LogP contribution in [0.25, 0.3) is 0 Å². The quantitative estimate of drug-likeness (QED) is 0.721. The fraction of sp³-hybridized carbons (Fsp3) is 0.714. The third kappa shape index (κ3) is 3.84. The molecule has 1 aromatic carbocycles. The topological polar surface area (TPSA) is 50.1 Å². The fourth-order valence-corrected chi connectivity index (χ4v) is 4.61. The van der Waals surface area contributed by atoms with Gasteiger partial charge in [0, 0.05) is 37.1 Å². The Morgan fingerprint density at radius 1 is 0.958 bits per heavy atom. The Kier molecular flexibility index (Phi) is 4.93. The van der Waals surface area contributed by atoms with Crippen molar-refractivity contribution in [1.29, 1.82) is 0 Å². The molecule has 3 fully saturated rings. The maximum Gasteiger partial charge on any atom is 0.0143 e. The Balaban J connectivity index is 1.21. The van der Waals surface area contributed by atoms with E-state index in [4.69, 9.17) is 5.73 Å². The van der Waals surface area contributed by atoms with Crippen molar-refractivity contribution < 1.29 is 0 Å². The first-order valence-corrected chi connectivity index (χ1v) is 10.0. The maximum atomic E-state index is 6.03.